The molecule has 0 N–H and O–H groups in total. The lowest BCUT2D eigenvalue weighted by atomic mass is 9.95. The van der Waals surface area contributed by atoms with Gasteiger partial charge in [-0.3, -0.25) is 9.36 Å². The Morgan fingerprint density at radius 3 is 2.45 bits per heavy atom. The molecule has 10 heteroatoms. The van der Waals surface area contributed by atoms with E-state index in [1.165, 1.54) is 23.0 Å². The van der Waals surface area contributed by atoms with Gasteiger partial charge in [0.15, 0.2) is 4.80 Å². The summed E-state index contributed by atoms with van der Waals surface area (Å²) in [4.78, 5) is 32.1. The molecule has 1 atom stereocenters. The van der Waals surface area contributed by atoms with Crippen LogP contribution in [-0.4, -0.2) is 17.6 Å². The largest absolute Gasteiger partial charge is 0.487 e. The van der Waals surface area contributed by atoms with Crippen LogP contribution in [0.5, 0.6) is 5.75 Å². The molecule has 1 aromatic heterocycles. The first-order valence-corrected chi connectivity index (χ1v) is 14.3. The molecule has 0 amide bonds. The van der Waals surface area contributed by atoms with E-state index in [-0.39, 0.29) is 12.2 Å². The summed E-state index contributed by atoms with van der Waals surface area (Å²) < 4.78 is 13.1. The van der Waals surface area contributed by atoms with Gasteiger partial charge in [0, 0.05) is 15.6 Å². The van der Waals surface area contributed by atoms with Gasteiger partial charge in [0.05, 0.1) is 34.0 Å². The molecule has 1 aliphatic heterocycles. The van der Waals surface area contributed by atoms with E-state index in [1.54, 1.807) is 30.3 Å². The summed E-state index contributed by atoms with van der Waals surface area (Å²) in [7, 11) is 1.32. The maximum atomic E-state index is 13.9. The highest BCUT2D eigenvalue weighted by molar-refractivity contribution is 7.07. The average molecular weight is 614 g/mol. The average Bonchev–Trinajstić information content (AvgIpc) is 3.26. The van der Waals surface area contributed by atoms with Crippen LogP contribution in [0.1, 0.15) is 36.1 Å². The Bertz CT molecular complexity index is 1800. The highest BCUT2D eigenvalue weighted by atomic mass is 35.5. The summed E-state index contributed by atoms with van der Waals surface area (Å²) in [6.45, 7) is 2.15. The van der Waals surface area contributed by atoms with Crippen molar-refractivity contribution >= 4 is 58.2 Å². The van der Waals surface area contributed by atoms with Gasteiger partial charge in [-0.15, -0.1) is 0 Å². The van der Waals surface area contributed by atoms with E-state index >= 15 is 0 Å². The van der Waals surface area contributed by atoms with E-state index in [9.17, 15) is 9.59 Å². The molecule has 204 valence electrons. The molecular formula is C30H23Cl3N2O4S. The summed E-state index contributed by atoms with van der Waals surface area (Å²) in [5, 5.41) is 1.33. The smallest absolute Gasteiger partial charge is 0.338 e. The number of allylic oxidation sites excluding steroid dienone is 1. The first-order valence-electron chi connectivity index (χ1n) is 12.3. The lowest BCUT2D eigenvalue weighted by Crippen LogP contribution is -2.40. The number of ether oxygens (including phenoxy) is 2. The van der Waals surface area contributed by atoms with Crippen molar-refractivity contribution in [3.8, 4) is 5.75 Å². The van der Waals surface area contributed by atoms with Gasteiger partial charge < -0.3 is 9.47 Å². The Balaban J connectivity index is 1.66. The molecule has 2 heterocycles. The van der Waals surface area contributed by atoms with Crippen LogP contribution in [0.3, 0.4) is 0 Å². The fraction of sp³-hybridized carbons (Fsp3) is 0.167. The maximum absolute atomic E-state index is 13.9. The number of esters is 1. The van der Waals surface area contributed by atoms with Gasteiger partial charge in [0.2, 0.25) is 0 Å². The number of hydrogen-bond acceptors (Lipinski definition) is 6. The summed E-state index contributed by atoms with van der Waals surface area (Å²) in [6.07, 6.45) is 2.18. The van der Waals surface area contributed by atoms with Crippen LogP contribution >= 0.6 is 46.1 Å². The number of hydrogen-bond donors (Lipinski definition) is 0. The molecule has 0 aliphatic carbocycles. The normalized spacial score (nSPS) is 15.0. The second-order valence-electron chi connectivity index (χ2n) is 8.92. The molecule has 6 nitrogen and oxygen atoms in total. The van der Waals surface area contributed by atoms with Gasteiger partial charge in [-0.2, -0.15) is 0 Å². The maximum Gasteiger partial charge on any atom is 0.338 e. The second-order valence-corrected chi connectivity index (χ2v) is 11.2. The van der Waals surface area contributed by atoms with E-state index in [4.69, 9.17) is 49.3 Å². The Morgan fingerprint density at radius 2 is 1.77 bits per heavy atom. The molecule has 4 aromatic rings. The van der Waals surface area contributed by atoms with Crippen molar-refractivity contribution in [2.75, 3.05) is 7.11 Å². The Kier molecular flexibility index (Phi) is 8.47. The third kappa shape index (κ3) is 5.60. The minimum absolute atomic E-state index is 0.233. The highest BCUT2D eigenvalue weighted by Gasteiger charge is 2.33. The molecule has 0 bridgehead atoms. The zero-order valence-electron chi connectivity index (χ0n) is 21.5. The molecule has 5 rings (SSSR count). The number of carbonyl (C=O) groups is 1. The monoisotopic (exact) mass is 612 g/mol. The van der Waals surface area contributed by atoms with Crippen molar-refractivity contribution in [3.63, 3.8) is 0 Å². The predicted molar refractivity (Wildman–Crippen MR) is 159 cm³/mol. The van der Waals surface area contributed by atoms with E-state index in [2.05, 4.69) is 0 Å². The number of carbonyl (C=O) groups excluding carboxylic acids is 1. The van der Waals surface area contributed by atoms with E-state index in [1.807, 2.05) is 49.4 Å². The molecule has 0 spiro atoms. The summed E-state index contributed by atoms with van der Waals surface area (Å²) >= 11 is 20.1. The molecule has 0 saturated heterocycles. The minimum Gasteiger partial charge on any atom is -0.487 e. The highest BCUT2D eigenvalue weighted by Crippen LogP contribution is 2.34. The van der Waals surface area contributed by atoms with E-state index in [0.717, 1.165) is 11.1 Å². The number of benzene rings is 3. The number of aromatic nitrogens is 1. The van der Waals surface area contributed by atoms with Crippen LogP contribution in [0.25, 0.3) is 6.08 Å². The molecule has 0 radical (unpaired) electrons. The predicted octanol–water partition coefficient (Wildman–Crippen LogP) is 6.34. The van der Waals surface area contributed by atoms with Gasteiger partial charge in [0.25, 0.3) is 5.56 Å². The third-order valence-corrected chi connectivity index (χ3v) is 8.12. The number of methoxy groups -OCH3 is 1. The number of fused-ring (bicyclic) bond motifs is 1. The number of halogens is 3. The summed E-state index contributed by atoms with van der Waals surface area (Å²) in [5.74, 6) is -0.140. The van der Waals surface area contributed by atoms with Crippen LogP contribution in [0.4, 0.5) is 0 Å². The van der Waals surface area contributed by atoms with Gasteiger partial charge >= 0.3 is 5.97 Å². The zero-order chi connectivity index (χ0) is 28.4. The topological polar surface area (TPSA) is 69.9 Å². The van der Waals surface area contributed by atoms with Crippen LogP contribution < -0.4 is 19.6 Å². The van der Waals surface area contributed by atoms with Crippen molar-refractivity contribution in [1.29, 1.82) is 0 Å². The fourth-order valence-electron chi connectivity index (χ4n) is 4.53. The lowest BCUT2D eigenvalue weighted by Gasteiger charge is -2.25. The van der Waals surface area contributed by atoms with Crippen molar-refractivity contribution < 1.29 is 14.3 Å². The van der Waals surface area contributed by atoms with Gasteiger partial charge in [-0.25, -0.2) is 9.79 Å². The number of thiazole rings is 1. The van der Waals surface area contributed by atoms with Crippen LogP contribution in [-0.2, 0) is 16.1 Å². The number of nitrogens with zero attached hydrogens (tertiary/aromatic N) is 2. The van der Waals surface area contributed by atoms with Crippen molar-refractivity contribution in [2.45, 2.75) is 26.0 Å². The summed E-state index contributed by atoms with van der Waals surface area (Å²) in [6, 6.07) is 19.2. The SMILES string of the molecule is CCC1=C(C(=O)OC)[C@H](c2ccccc2)n2c(s/c(=C/c3cc(Cl)cc(Cl)c3OCc3ccc(Cl)cc3)c2=O)=N1. The van der Waals surface area contributed by atoms with Crippen molar-refractivity contribution in [2.24, 2.45) is 4.99 Å². The van der Waals surface area contributed by atoms with Gasteiger partial charge in [-0.05, 0) is 47.9 Å². The Hall–Kier alpha value is -3.36. The van der Waals surface area contributed by atoms with E-state index in [0.29, 0.717) is 53.4 Å². The Morgan fingerprint density at radius 1 is 1.05 bits per heavy atom. The molecule has 1 aliphatic rings. The van der Waals surface area contributed by atoms with Crippen molar-refractivity contribution in [1.82, 2.24) is 4.57 Å². The second kappa shape index (κ2) is 12.0. The van der Waals surface area contributed by atoms with E-state index < -0.39 is 12.0 Å². The van der Waals surface area contributed by atoms with Gasteiger partial charge in [0.1, 0.15) is 12.4 Å². The quantitative estimate of drug-likeness (QED) is 0.228. The number of rotatable bonds is 7. The van der Waals surface area contributed by atoms with Crippen molar-refractivity contribution in [3.05, 3.63) is 129 Å². The first kappa shape index (κ1) is 28.2. The molecule has 40 heavy (non-hydrogen) atoms. The molecule has 0 saturated carbocycles. The van der Waals surface area contributed by atoms with Crippen LogP contribution in [0, 0.1) is 0 Å². The third-order valence-electron chi connectivity index (χ3n) is 6.39. The molecule has 0 unspecified atom stereocenters. The van der Waals surface area contributed by atoms with Gasteiger partial charge in [-0.1, -0.05) is 95.5 Å². The first-order chi connectivity index (χ1) is 19.3. The molecule has 0 fully saturated rings. The summed E-state index contributed by atoms with van der Waals surface area (Å²) in [5.41, 5.74) is 2.81. The molecule has 3 aromatic carbocycles. The Labute approximate surface area is 249 Å². The fourth-order valence-corrected chi connectivity index (χ4v) is 6.23. The lowest BCUT2D eigenvalue weighted by molar-refractivity contribution is -0.136. The van der Waals surface area contributed by atoms with Crippen LogP contribution in [0.15, 0.2) is 87.8 Å². The minimum atomic E-state index is -0.689. The standard InChI is InChI=1S/C30H23Cl3N2O4S/c1-3-23-25(29(37)38-2)26(18-7-5-4-6-8-18)35-28(36)24(40-30(35)34-23)14-19-13-21(32)15-22(33)27(19)39-16-17-9-11-20(31)12-10-17/h4-15,26H,3,16H2,1-2H3/b24-14+/t26-/m0/s1. The molecular weight excluding hydrogens is 591 g/mol. The zero-order valence-corrected chi connectivity index (χ0v) is 24.6. The van der Waals surface area contributed by atoms with Crippen LogP contribution in [0.2, 0.25) is 15.1 Å².